The van der Waals surface area contributed by atoms with Crippen LogP contribution in [0.15, 0.2) is 48.9 Å². The van der Waals surface area contributed by atoms with E-state index in [1.165, 1.54) is 0 Å². The first-order valence-corrected chi connectivity index (χ1v) is 12.1. The molecule has 1 saturated heterocycles. The lowest BCUT2D eigenvalue weighted by Gasteiger charge is -2.48. The van der Waals surface area contributed by atoms with Gasteiger partial charge in [-0.3, -0.25) is 4.79 Å². The molecule has 0 bridgehead atoms. The highest BCUT2D eigenvalue weighted by molar-refractivity contribution is 5.81. The van der Waals surface area contributed by atoms with E-state index in [0.29, 0.717) is 5.56 Å². The monoisotopic (exact) mass is 437 g/mol. The van der Waals surface area contributed by atoms with E-state index in [1.807, 2.05) is 24.3 Å². The van der Waals surface area contributed by atoms with Crippen LogP contribution in [0.4, 0.5) is 0 Å². The Morgan fingerprint density at radius 1 is 1.12 bits per heavy atom. The molecule has 6 heteroatoms. The molecule has 3 atom stereocenters. The van der Waals surface area contributed by atoms with Gasteiger partial charge >= 0.3 is 5.97 Å². The lowest BCUT2D eigenvalue weighted by molar-refractivity contribution is -0.916. The number of hydrogen-bond donors (Lipinski definition) is 0. The number of esters is 1. The number of ether oxygens (including phenoxy) is 1. The smallest absolute Gasteiger partial charge is 0.300 e. The topological polar surface area (TPSA) is 75.1 Å². The van der Waals surface area contributed by atoms with Crippen LogP contribution < -0.4 is 5.11 Å². The zero-order valence-electron chi connectivity index (χ0n) is 19.1. The van der Waals surface area contributed by atoms with Gasteiger partial charge in [-0.05, 0) is 24.0 Å². The molecule has 1 aromatic carbocycles. The number of nitrogens with zero attached hydrogens (tertiary/aromatic N) is 3. The van der Waals surface area contributed by atoms with Crippen molar-refractivity contribution >= 4 is 5.97 Å². The Hall–Kier alpha value is -2.31. The van der Waals surface area contributed by atoms with Gasteiger partial charge in [0.1, 0.15) is 12.9 Å². The summed E-state index contributed by atoms with van der Waals surface area (Å²) < 4.78 is 6.84. The van der Waals surface area contributed by atoms with Crippen LogP contribution in [-0.2, 0) is 21.6 Å². The molecular weight excluding hydrogens is 402 g/mol. The number of carbonyl (C=O) groups is 1. The van der Waals surface area contributed by atoms with Crippen molar-refractivity contribution in [1.82, 2.24) is 9.97 Å². The van der Waals surface area contributed by atoms with Crippen molar-refractivity contribution in [2.24, 2.45) is 5.92 Å². The minimum Gasteiger partial charge on any atom is -0.837 e. The summed E-state index contributed by atoms with van der Waals surface area (Å²) in [7, 11) is 2.21. The van der Waals surface area contributed by atoms with Crippen LogP contribution in [0.1, 0.15) is 56.2 Å². The Kier molecular flexibility index (Phi) is 7.21. The number of benzene rings is 1. The maximum Gasteiger partial charge on any atom is 0.300 e. The molecule has 1 saturated carbocycles. The lowest BCUT2D eigenvalue weighted by Crippen LogP contribution is -2.59. The zero-order chi connectivity index (χ0) is 22.4. The van der Waals surface area contributed by atoms with Crippen LogP contribution in [-0.4, -0.2) is 53.2 Å². The van der Waals surface area contributed by atoms with Gasteiger partial charge in [-0.25, -0.2) is 9.97 Å². The van der Waals surface area contributed by atoms with Gasteiger partial charge < -0.3 is 14.3 Å². The van der Waals surface area contributed by atoms with Crippen LogP contribution in [0.2, 0.25) is 0 Å². The second kappa shape index (κ2) is 10.1. The number of aromatic nitrogens is 2. The fraction of sp³-hybridized carbons (Fsp3) is 0.577. The molecule has 6 nitrogen and oxygen atoms in total. The number of hydrogen-bond acceptors (Lipinski definition) is 5. The number of quaternary nitrogens is 1. The summed E-state index contributed by atoms with van der Waals surface area (Å²) in [5, 5.41) is 14.2. The van der Waals surface area contributed by atoms with Gasteiger partial charge in [-0.15, -0.1) is 0 Å². The van der Waals surface area contributed by atoms with Gasteiger partial charge in [0.15, 0.2) is 6.10 Å². The predicted octanol–water partition coefficient (Wildman–Crippen LogP) is 3.01. The summed E-state index contributed by atoms with van der Waals surface area (Å²) >= 11 is 0. The van der Waals surface area contributed by atoms with Gasteiger partial charge in [-0.1, -0.05) is 62.4 Å². The van der Waals surface area contributed by atoms with E-state index in [9.17, 15) is 9.90 Å². The van der Waals surface area contributed by atoms with Crippen molar-refractivity contribution in [2.75, 3.05) is 26.7 Å². The van der Waals surface area contributed by atoms with E-state index >= 15 is 0 Å². The molecule has 0 amide bonds. The highest BCUT2D eigenvalue weighted by atomic mass is 16.6. The number of rotatable bonds is 7. The molecule has 0 spiro atoms. The SMILES string of the molecule is C[N@+]1(CCc2ccncn2)CCCC(OC(=O)C([O-])(c2ccccc2)C2CCCCC2)C1. The summed E-state index contributed by atoms with van der Waals surface area (Å²) in [5.41, 5.74) is -0.240. The molecule has 2 unspecified atom stereocenters. The molecule has 2 fully saturated rings. The molecule has 0 N–H and O–H groups in total. The molecule has 1 aromatic heterocycles. The van der Waals surface area contributed by atoms with Crippen LogP contribution in [0, 0.1) is 5.92 Å². The Bertz CT molecular complexity index is 872. The predicted molar refractivity (Wildman–Crippen MR) is 120 cm³/mol. The van der Waals surface area contributed by atoms with Gasteiger partial charge in [0.25, 0.3) is 0 Å². The first-order chi connectivity index (χ1) is 15.5. The van der Waals surface area contributed by atoms with Crippen molar-refractivity contribution in [3.8, 4) is 0 Å². The third-order valence-electron chi connectivity index (χ3n) is 7.38. The number of likely N-dealkylation sites (N-methyl/N-ethyl adjacent to an activating group) is 1. The Labute approximate surface area is 191 Å². The minimum atomic E-state index is -1.82. The molecule has 1 aliphatic carbocycles. The zero-order valence-corrected chi connectivity index (χ0v) is 19.1. The van der Waals surface area contributed by atoms with Crippen molar-refractivity contribution in [3.05, 3.63) is 60.2 Å². The molecule has 4 rings (SSSR count). The number of piperidine rings is 1. The summed E-state index contributed by atoms with van der Waals surface area (Å²) in [4.78, 5) is 21.8. The first-order valence-electron chi connectivity index (χ1n) is 12.1. The normalized spacial score (nSPS) is 26.2. The van der Waals surface area contributed by atoms with E-state index < -0.39 is 11.6 Å². The highest BCUT2D eigenvalue weighted by Gasteiger charge is 2.41. The van der Waals surface area contributed by atoms with Gasteiger partial charge in [-0.2, -0.15) is 0 Å². The summed E-state index contributed by atoms with van der Waals surface area (Å²) in [6.07, 6.45) is 10.6. The van der Waals surface area contributed by atoms with Crippen LogP contribution in [0.3, 0.4) is 0 Å². The van der Waals surface area contributed by atoms with Crippen LogP contribution >= 0.6 is 0 Å². The average Bonchev–Trinajstić information content (AvgIpc) is 2.84. The Morgan fingerprint density at radius 3 is 2.62 bits per heavy atom. The van der Waals surface area contributed by atoms with E-state index in [2.05, 4.69) is 17.0 Å². The molecule has 2 aromatic rings. The number of carbonyl (C=O) groups excluding carboxylic acids is 1. The van der Waals surface area contributed by atoms with Crippen molar-refractivity contribution in [1.29, 1.82) is 0 Å². The Balaban J connectivity index is 1.45. The van der Waals surface area contributed by atoms with E-state index in [0.717, 1.165) is 81.2 Å². The van der Waals surface area contributed by atoms with Gasteiger partial charge in [0.2, 0.25) is 0 Å². The average molecular weight is 438 g/mol. The van der Waals surface area contributed by atoms with Crippen molar-refractivity contribution in [3.63, 3.8) is 0 Å². The fourth-order valence-corrected chi connectivity index (χ4v) is 5.48. The van der Waals surface area contributed by atoms with E-state index in [-0.39, 0.29) is 12.0 Å². The second-order valence-electron chi connectivity index (χ2n) is 9.81. The van der Waals surface area contributed by atoms with Crippen LogP contribution in [0.5, 0.6) is 0 Å². The van der Waals surface area contributed by atoms with E-state index in [4.69, 9.17) is 4.74 Å². The second-order valence-corrected chi connectivity index (χ2v) is 9.81. The van der Waals surface area contributed by atoms with Gasteiger partial charge in [0.05, 0.1) is 20.1 Å². The molecule has 2 aliphatic rings. The maximum atomic E-state index is 14.2. The first kappa shape index (κ1) is 22.9. The largest absolute Gasteiger partial charge is 0.837 e. The minimum absolute atomic E-state index is 0.201. The maximum absolute atomic E-state index is 14.2. The lowest BCUT2D eigenvalue weighted by atomic mass is 9.73. The molecule has 172 valence electrons. The molecule has 0 radical (unpaired) electrons. The molecule has 2 heterocycles. The summed E-state index contributed by atoms with van der Waals surface area (Å²) in [6.45, 7) is 2.71. The van der Waals surface area contributed by atoms with E-state index in [1.54, 1.807) is 24.7 Å². The Morgan fingerprint density at radius 2 is 1.91 bits per heavy atom. The van der Waals surface area contributed by atoms with Crippen LogP contribution in [0.25, 0.3) is 0 Å². The molecular formula is C26H35N3O3. The van der Waals surface area contributed by atoms with Gasteiger partial charge in [0, 0.05) is 30.3 Å². The van der Waals surface area contributed by atoms with Crippen molar-refractivity contribution < 1.29 is 19.1 Å². The molecule has 32 heavy (non-hydrogen) atoms. The van der Waals surface area contributed by atoms with Crippen molar-refractivity contribution in [2.45, 2.75) is 63.1 Å². The quantitative estimate of drug-likeness (QED) is 0.492. The third kappa shape index (κ3) is 5.18. The molecule has 1 aliphatic heterocycles. The summed E-state index contributed by atoms with van der Waals surface area (Å²) in [6, 6.07) is 11.1. The fourth-order valence-electron chi connectivity index (χ4n) is 5.48. The standard InChI is InChI=1S/C26H35N3O3/c1-29(18-15-23-14-16-27-20-28-23)17-8-13-24(19-29)32-25(30)26(31,21-9-4-2-5-10-21)22-11-6-3-7-12-22/h2,4-5,9-10,14,16,20,22,24H,3,6-8,11-13,15,17-19H2,1H3/t24?,26?,29-/m1/s1. The highest BCUT2D eigenvalue weighted by Crippen LogP contribution is 2.39. The third-order valence-corrected chi connectivity index (χ3v) is 7.38. The summed E-state index contributed by atoms with van der Waals surface area (Å²) in [5.74, 6) is -0.779. The number of likely N-dealkylation sites (tertiary alicyclic amines) is 1.